The maximum absolute atomic E-state index is 10.7. The van der Waals surface area contributed by atoms with Crippen LogP contribution in [0.3, 0.4) is 0 Å². The second kappa shape index (κ2) is 5.20. The molecule has 0 atom stereocenters. The molecule has 0 heterocycles. The summed E-state index contributed by atoms with van der Waals surface area (Å²) in [6, 6.07) is 4.52. The fourth-order valence-corrected chi connectivity index (χ4v) is 2.64. The summed E-state index contributed by atoms with van der Waals surface area (Å²) in [5.74, 6) is 0. The fourth-order valence-electron chi connectivity index (χ4n) is 0.675. The Balaban J connectivity index is 0.00000144. The summed E-state index contributed by atoms with van der Waals surface area (Å²) in [6.45, 7) is 0. The molecular weight excluding hydrogens is 513 g/mol. The van der Waals surface area contributed by atoms with Crippen molar-refractivity contribution in [1.29, 1.82) is 0 Å². The van der Waals surface area contributed by atoms with Gasteiger partial charge in [-0.3, -0.25) is 4.55 Å². The van der Waals surface area contributed by atoms with Gasteiger partial charge in [0.25, 0.3) is 10.1 Å². The van der Waals surface area contributed by atoms with Crippen LogP contribution in [0.5, 0.6) is 0 Å². The smallest absolute Gasteiger partial charge is 0.282 e. The minimum Gasteiger partial charge on any atom is -0.282 e. The zero-order valence-corrected chi connectivity index (χ0v) is 15.9. The third-order valence-corrected chi connectivity index (χ3v) is 3.51. The molecule has 1 rings (SSSR count). The Morgan fingerprint density at radius 1 is 1.23 bits per heavy atom. The molecule has 0 saturated carbocycles. The first-order chi connectivity index (χ1) is 5.41. The normalized spacial score (nSPS) is 10.7. The van der Waals surface area contributed by atoms with E-state index >= 15 is 0 Å². The Hall–Kier alpha value is 1.03. The standard InChI is InChI=1S/C6H4Br2O3S.Hg/c7-4-1-2-5(8)6(3-4)12(9,10)11;/h1-3H,(H,9,10,11);. The van der Waals surface area contributed by atoms with Crippen molar-refractivity contribution < 1.29 is 40.6 Å². The van der Waals surface area contributed by atoms with Crippen molar-refractivity contribution in [3.63, 3.8) is 0 Å². The maximum atomic E-state index is 10.7. The number of rotatable bonds is 1. The predicted molar refractivity (Wildman–Crippen MR) is 51.7 cm³/mol. The monoisotopic (exact) mass is 516 g/mol. The van der Waals surface area contributed by atoms with Crippen molar-refractivity contribution >= 4 is 42.0 Å². The molecule has 0 unspecified atom stereocenters. The first kappa shape index (κ1) is 14.0. The van der Waals surface area contributed by atoms with Crippen molar-refractivity contribution in [1.82, 2.24) is 0 Å². The molecule has 0 aliphatic carbocycles. The van der Waals surface area contributed by atoms with Crippen LogP contribution in [0.25, 0.3) is 0 Å². The first-order valence-corrected chi connectivity index (χ1v) is 5.86. The molecule has 0 amide bonds. The molecule has 0 radical (unpaired) electrons. The van der Waals surface area contributed by atoms with Crippen LogP contribution in [0.4, 0.5) is 0 Å². The van der Waals surface area contributed by atoms with E-state index in [1.165, 1.54) is 12.1 Å². The van der Waals surface area contributed by atoms with E-state index in [9.17, 15) is 8.42 Å². The van der Waals surface area contributed by atoms with E-state index in [4.69, 9.17) is 4.55 Å². The largest absolute Gasteiger partial charge is 0.295 e. The molecule has 68 valence electrons. The summed E-state index contributed by atoms with van der Waals surface area (Å²) in [5, 5.41) is 0. The van der Waals surface area contributed by atoms with E-state index < -0.39 is 10.1 Å². The molecule has 1 N–H and O–H groups in total. The van der Waals surface area contributed by atoms with Crippen molar-refractivity contribution in [2.75, 3.05) is 0 Å². The second-order valence-corrected chi connectivity index (χ2v) is 5.21. The summed E-state index contributed by atoms with van der Waals surface area (Å²) in [5.41, 5.74) is 0. The van der Waals surface area contributed by atoms with E-state index in [0.717, 1.165) is 0 Å². The van der Waals surface area contributed by atoms with Gasteiger partial charge in [-0.1, -0.05) is 15.9 Å². The van der Waals surface area contributed by atoms with Gasteiger partial charge in [-0.05, 0) is 34.1 Å². The van der Waals surface area contributed by atoms with Gasteiger partial charge in [0.15, 0.2) is 0 Å². The molecule has 0 aromatic heterocycles. The molecule has 0 aliphatic heterocycles. The van der Waals surface area contributed by atoms with Crippen molar-refractivity contribution in [3.05, 3.63) is 27.1 Å². The number of halogens is 2. The number of hydrogen-bond donors (Lipinski definition) is 1. The van der Waals surface area contributed by atoms with Crippen molar-refractivity contribution in [2.24, 2.45) is 0 Å². The third-order valence-electron chi connectivity index (χ3n) is 1.17. The number of benzene rings is 1. The molecule has 0 aliphatic rings. The Bertz CT molecular complexity index is 404. The van der Waals surface area contributed by atoms with Gasteiger partial charge in [0.1, 0.15) is 4.90 Å². The van der Waals surface area contributed by atoms with E-state index in [1.54, 1.807) is 6.07 Å². The van der Waals surface area contributed by atoms with Crippen LogP contribution in [0.2, 0.25) is 0 Å². The minimum absolute atomic E-state index is 0. The molecule has 7 heteroatoms. The van der Waals surface area contributed by atoms with Crippen LogP contribution >= 0.6 is 31.9 Å². The molecule has 0 fully saturated rings. The summed E-state index contributed by atoms with van der Waals surface area (Å²) >= 11 is 6.10. The van der Waals surface area contributed by atoms with E-state index in [1.807, 2.05) is 0 Å². The zero-order chi connectivity index (χ0) is 9.35. The Morgan fingerprint density at radius 2 is 1.77 bits per heavy atom. The molecule has 0 saturated heterocycles. The topological polar surface area (TPSA) is 54.4 Å². The van der Waals surface area contributed by atoms with Gasteiger partial charge in [-0.25, -0.2) is 0 Å². The van der Waals surface area contributed by atoms with Crippen LogP contribution in [0, 0.1) is 0 Å². The summed E-state index contributed by atoms with van der Waals surface area (Å²) < 4.78 is 31.1. The van der Waals surface area contributed by atoms with Crippen molar-refractivity contribution in [2.45, 2.75) is 4.90 Å². The fraction of sp³-hybridized carbons (Fsp3) is 0. The average molecular weight is 517 g/mol. The van der Waals surface area contributed by atoms with Gasteiger partial charge in [0.2, 0.25) is 0 Å². The molecule has 1 aromatic rings. The Labute approximate surface area is 113 Å². The molecular formula is C6H4Br2HgO3S. The van der Waals surface area contributed by atoms with Crippen LogP contribution in [0.1, 0.15) is 0 Å². The minimum atomic E-state index is -4.13. The SMILES string of the molecule is O=S(=O)(O)c1cc(Br)ccc1Br.[Hg]. The van der Waals surface area contributed by atoms with Gasteiger partial charge in [-0.2, -0.15) is 8.42 Å². The summed E-state index contributed by atoms with van der Waals surface area (Å²) in [6.07, 6.45) is 0. The van der Waals surface area contributed by atoms with Gasteiger partial charge in [0.05, 0.1) is 0 Å². The van der Waals surface area contributed by atoms with Crippen LogP contribution in [0.15, 0.2) is 32.0 Å². The van der Waals surface area contributed by atoms with E-state index in [2.05, 4.69) is 31.9 Å². The van der Waals surface area contributed by atoms with Crippen LogP contribution in [-0.4, -0.2) is 13.0 Å². The molecule has 13 heavy (non-hydrogen) atoms. The predicted octanol–water partition coefficient (Wildman–Crippen LogP) is 2.46. The first-order valence-electron chi connectivity index (χ1n) is 2.84. The van der Waals surface area contributed by atoms with Crippen molar-refractivity contribution in [3.8, 4) is 0 Å². The van der Waals surface area contributed by atoms with Gasteiger partial charge < -0.3 is 0 Å². The average Bonchev–Trinajstić information content (AvgIpc) is 1.92. The Morgan fingerprint density at radius 3 is 2.15 bits per heavy atom. The molecule has 0 bridgehead atoms. The van der Waals surface area contributed by atoms with Crippen LogP contribution < -0.4 is 0 Å². The number of hydrogen-bond acceptors (Lipinski definition) is 2. The summed E-state index contributed by atoms with van der Waals surface area (Å²) in [7, 11) is -4.13. The van der Waals surface area contributed by atoms with E-state index in [-0.39, 0.29) is 32.6 Å². The molecule has 0 spiro atoms. The van der Waals surface area contributed by atoms with Crippen LogP contribution in [-0.2, 0) is 37.8 Å². The maximum Gasteiger partial charge on any atom is 0.295 e. The summed E-state index contributed by atoms with van der Waals surface area (Å²) in [4.78, 5) is -0.142. The van der Waals surface area contributed by atoms with Gasteiger partial charge >= 0.3 is 0 Å². The molecule has 3 nitrogen and oxygen atoms in total. The second-order valence-electron chi connectivity index (χ2n) is 2.05. The molecule has 1 aromatic carbocycles. The zero-order valence-electron chi connectivity index (χ0n) is 6.37. The van der Waals surface area contributed by atoms with Gasteiger partial charge in [-0.15, -0.1) is 0 Å². The quantitative estimate of drug-likeness (QED) is 0.461. The Kier molecular flexibility index (Phi) is 5.61. The van der Waals surface area contributed by atoms with Gasteiger partial charge in [0, 0.05) is 36.6 Å². The third kappa shape index (κ3) is 3.95. The van der Waals surface area contributed by atoms with E-state index in [0.29, 0.717) is 8.95 Å².